The first kappa shape index (κ1) is 14.1. The number of rotatable bonds is 2. The maximum absolute atomic E-state index is 12.5. The highest BCUT2D eigenvalue weighted by atomic mass is 19.4. The number of hydrogen-bond acceptors (Lipinski definition) is 2. The molecule has 0 aromatic heterocycles. The highest BCUT2D eigenvalue weighted by Gasteiger charge is 2.53. The van der Waals surface area contributed by atoms with E-state index >= 15 is 0 Å². The van der Waals surface area contributed by atoms with Gasteiger partial charge in [-0.1, -0.05) is 12.0 Å². The molecule has 1 unspecified atom stereocenters. The van der Waals surface area contributed by atoms with Crippen LogP contribution in [0.15, 0.2) is 24.3 Å². The summed E-state index contributed by atoms with van der Waals surface area (Å²) in [6.45, 7) is 0.605. The topological polar surface area (TPSA) is 55.1 Å². The highest BCUT2D eigenvalue weighted by Crippen LogP contribution is 2.29. The second-order valence-corrected chi connectivity index (χ2v) is 3.88. The number of terminal acetylenes is 1. The number of nitrogens with one attached hydrogen (secondary N) is 1. The quantitative estimate of drug-likeness (QED) is 0.794. The van der Waals surface area contributed by atoms with Crippen molar-refractivity contribution in [3.8, 4) is 12.3 Å². The van der Waals surface area contributed by atoms with Crippen molar-refractivity contribution in [3.05, 3.63) is 29.8 Å². The van der Waals surface area contributed by atoms with E-state index in [1.54, 1.807) is 6.07 Å². The van der Waals surface area contributed by atoms with Crippen LogP contribution in [0.25, 0.3) is 0 Å². The zero-order valence-electron chi connectivity index (χ0n) is 9.51. The Hall–Kier alpha value is -2.00. The van der Waals surface area contributed by atoms with Crippen molar-refractivity contribution in [1.29, 1.82) is 0 Å². The molecular formula is C12H11F3N2O. The third-order valence-electron chi connectivity index (χ3n) is 2.35. The molecule has 0 radical (unpaired) electrons. The summed E-state index contributed by atoms with van der Waals surface area (Å²) in [5, 5.41) is 2.08. The van der Waals surface area contributed by atoms with Crippen LogP contribution < -0.4 is 11.1 Å². The molecule has 0 aliphatic rings. The van der Waals surface area contributed by atoms with E-state index in [4.69, 9.17) is 12.2 Å². The largest absolute Gasteiger partial charge is 0.415 e. The SMILES string of the molecule is C#Cc1cccc(NC(=O)C(C)(N)C(F)(F)F)c1. The molecule has 0 bridgehead atoms. The fourth-order valence-electron chi connectivity index (χ4n) is 1.08. The van der Waals surface area contributed by atoms with Crippen LogP contribution >= 0.6 is 0 Å². The summed E-state index contributed by atoms with van der Waals surface area (Å²) in [6.07, 6.45) is 0.305. The van der Waals surface area contributed by atoms with Crippen LogP contribution in [0.3, 0.4) is 0 Å². The zero-order chi connectivity index (χ0) is 14.0. The monoisotopic (exact) mass is 256 g/mol. The molecule has 6 heteroatoms. The van der Waals surface area contributed by atoms with Gasteiger partial charge in [-0.05, 0) is 25.1 Å². The smallest absolute Gasteiger partial charge is 0.324 e. The molecule has 0 spiro atoms. The van der Waals surface area contributed by atoms with Crippen molar-refractivity contribution in [3.63, 3.8) is 0 Å². The lowest BCUT2D eigenvalue weighted by molar-refractivity contribution is -0.184. The second kappa shape index (κ2) is 4.70. The molecular weight excluding hydrogens is 245 g/mol. The highest BCUT2D eigenvalue weighted by molar-refractivity contribution is 5.98. The molecule has 3 N–H and O–H groups in total. The third kappa shape index (κ3) is 2.81. The molecule has 0 fully saturated rings. The molecule has 96 valence electrons. The van der Waals surface area contributed by atoms with Crippen molar-refractivity contribution < 1.29 is 18.0 Å². The van der Waals surface area contributed by atoms with Gasteiger partial charge in [0, 0.05) is 11.3 Å². The van der Waals surface area contributed by atoms with Gasteiger partial charge in [0.2, 0.25) is 0 Å². The van der Waals surface area contributed by atoms with Gasteiger partial charge in [0.05, 0.1) is 0 Å². The molecule has 1 rings (SSSR count). The average Bonchev–Trinajstić information content (AvgIpc) is 2.27. The molecule has 1 aromatic carbocycles. The maximum atomic E-state index is 12.5. The van der Waals surface area contributed by atoms with Crippen LogP contribution in [0.1, 0.15) is 12.5 Å². The van der Waals surface area contributed by atoms with Crippen molar-refractivity contribution in [1.82, 2.24) is 0 Å². The predicted octanol–water partition coefficient (Wildman–Crippen LogP) is 1.89. The first-order valence-electron chi connectivity index (χ1n) is 4.92. The van der Waals surface area contributed by atoms with E-state index in [-0.39, 0.29) is 5.69 Å². The molecule has 0 heterocycles. The molecule has 0 saturated carbocycles. The van der Waals surface area contributed by atoms with E-state index in [0.29, 0.717) is 12.5 Å². The number of carbonyl (C=O) groups is 1. The van der Waals surface area contributed by atoms with E-state index in [1.165, 1.54) is 18.2 Å². The molecule has 0 saturated heterocycles. The Morgan fingerprint density at radius 1 is 1.44 bits per heavy atom. The molecule has 0 aliphatic carbocycles. The summed E-state index contributed by atoms with van der Waals surface area (Å²) < 4.78 is 37.5. The van der Waals surface area contributed by atoms with Gasteiger partial charge in [0.15, 0.2) is 5.54 Å². The number of amides is 1. The summed E-state index contributed by atoms with van der Waals surface area (Å²) >= 11 is 0. The summed E-state index contributed by atoms with van der Waals surface area (Å²) in [5.41, 5.74) is 2.63. The minimum Gasteiger partial charge on any atom is -0.324 e. The van der Waals surface area contributed by atoms with Gasteiger partial charge in [-0.15, -0.1) is 6.42 Å². The Labute approximate surface area is 102 Å². The Kier molecular flexibility index (Phi) is 3.67. The molecule has 1 atom stereocenters. The summed E-state index contributed by atoms with van der Waals surface area (Å²) in [4.78, 5) is 11.5. The third-order valence-corrected chi connectivity index (χ3v) is 2.35. The van der Waals surface area contributed by atoms with E-state index in [0.717, 1.165) is 0 Å². The van der Waals surface area contributed by atoms with Gasteiger partial charge in [-0.3, -0.25) is 4.79 Å². The summed E-state index contributed by atoms with van der Waals surface area (Å²) in [7, 11) is 0. The number of carbonyl (C=O) groups excluding carboxylic acids is 1. The van der Waals surface area contributed by atoms with E-state index in [1.807, 2.05) is 0 Å². The lowest BCUT2D eigenvalue weighted by atomic mass is 10.0. The predicted molar refractivity (Wildman–Crippen MR) is 61.7 cm³/mol. The van der Waals surface area contributed by atoms with Crippen LogP contribution in [-0.2, 0) is 4.79 Å². The Morgan fingerprint density at radius 3 is 2.56 bits per heavy atom. The van der Waals surface area contributed by atoms with Gasteiger partial charge >= 0.3 is 6.18 Å². The molecule has 1 amide bonds. The number of nitrogens with two attached hydrogens (primary N) is 1. The normalized spacial score (nSPS) is 14.4. The standard InChI is InChI=1S/C12H11F3N2O/c1-3-8-5-4-6-9(7-8)17-10(18)11(2,16)12(13,14)15/h1,4-7H,16H2,2H3,(H,17,18). The van der Waals surface area contributed by atoms with Gasteiger partial charge < -0.3 is 11.1 Å². The lowest BCUT2D eigenvalue weighted by Gasteiger charge is -2.26. The summed E-state index contributed by atoms with van der Waals surface area (Å²) in [6, 6.07) is 5.91. The number of anilines is 1. The minimum absolute atomic E-state index is 0.163. The fourth-order valence-corrected chi connectivity index (χ4v) is 1.08. The van der Waals surface area contributed by atoms with Crippen LogP contribution in [0.2, 0.25) is 0 Å². The van der Waals surface area contributed by atoms with Gasteiger partial charge in [0.1, 0.15) is 0 Å². The lowest BCUT2D eigenvalue weighted by Crippen LogP contribution is -2.59. The number of benzene rings is 1. The Balaban J connectivity index is 2.92. The molecule has 1 aromatic rings. The number of alkyl halides is 3. The van der Waals surface area contributed by atoms with Crippen LogP contribution in [0.5, 0.6) is 0 Å². The molecule has 3 nitrogen and oxygen atoms in total. The van der Waals surface area contributed by atoms with Crippen molar-refractivity contribution in [2.75, 3.05) is 5.32 Å². The Bertz CT molecular complexity index is 501. The second-order valence-electron chi connectivity index (χ2n) is 3.88. The van der Waals surface area contributed by atoms with Crippen molar-refractivity contribution >= 4 is 11.6 Å². The zero-order valence-corrected chi connectivity index (χ0v) is 9.51. The molecule has 18 heavy (non-hydrogen) atoms. The molecule has 0 aliphatic heterocycles. The van der Waals surface area contributed by atoms with Gasteiger partial charge in [-0.2, -0.15) is 13.2 Å². The van der Waals surface area contributed by atoms with E-state index in [2.05, 4.69) is 11.2 Å². The number of halogens is 3. The van der Waals surface area contributed by atoms with E-state index in [9.17, 15) is 18.0 Å². The van der Waals surface area contributed by atoms with Crippen LogP contribution in [-0.4, -0.2) is 17.6 Å². The minimum atomic E-state index is -4.83. The first-order chi connectivity index (χ1) is 8.18. The average molecular weight is 256 g/mol. The van der Waals surface area contributed by atoms with Gasteiger partial charge in [0.25, 0.3) is 5.91 Å². The first-order valence-corrected chi connectivity index (χ1v) is 4.92. The summed E-state index contributed by atoms with van der Waals surface area (Å²) in [5.74, 6) is 0.961. The number of hydrogen-bond donors (Lipinski definition) is 2. The van der Waals surface area contributed by atoms with E-state index < -0.39 is 17.6 Å². The fraction of sp³-hybridized carbons (Fsp3) is 0.250. The van der Waals surface area contributed by atoms with Gasteiger partial charge in [-0.25, -0.2) is 0 Å². The van der Waals surface area contributed by atoms with Crippen LogP contribution in [0, 0.1) is 12.3 Å². The Morgan fingerprint density at radius 2 is 2.06 bits per heavy atom. The van der Waals surface area contributed by atoms with Crippen molar-refractivity contribution in [2.45, 2.75) is 18.6 Å². The van der Waals surface area contributed by atoms with Crippen LogP contribution in [0.4, 0.5) is 18.9 Å². The van der Waals surface area contributed by atoms with Crippen molar-refractivity contribution in [2.24, 2.45) is 5.73 Å². The maximum Gasteiger partial charge on any atom is 0.415 e.